The quantitative estimate of drug-likeness (QED) is 0.944. The van der Waals surface area contributed by atoms with Gasteiger partial charge in [-0.3, -0.25) is 4.68 Å². The third kappa shape index (κ3) is 2.32. The van der Waals surface area contributed by atoms with Gasteiger partial charge in [-0.2, -0.15) is 5.10 Å². The third-order valence-electron chi connectivity index (χ3n) is 2.69. The molecule has 0 saturated heterocycles. The van der Waals surface area contributed by atoms with Crippen molar-refractivity contribution in [2.75, 3.05) is 7.11 Å². The largest absolute Gasteiger partial charge is 0.493 e. The maximum atomic E-state index is 10.3. The molecule has 18 heavy (non-hydrogen) atoms. The highest BCUT2D eigenvalue weighted by Crippen LogP contribution is 2.32. The van der Waals surface area contributed by atoms with Gasteiger partial charge >= 0.3 is 0 Å². The van der Waals surface area contributed by atoms with Crippen LogP contribution in [0.1, 0.15) is 17.4 Å². The van der Waals surface area contributed by atoms with Crippen LogP contribution < -0.4 is 4.74 Å². The topological polar surface area (TPSA) is 47.3 Å². The fraction of sp³-hybridized carbons (Fsp3) is 0.250. The van der Waals surface area contributed by atoms with Crippen molar-refractivity contribution >= 4 is 23.2 Å². The zero-order valence-electron chi connectivity index (χ0n) is 9.89. The molecule has 2 rings (SSSR count). The van der Waals surface area contributed by atoms with Crippen molar-refractivity contribution in [1.29, 1.82) is 0 Å². The lowest BCUT2D eigenvalue weighted by Crippen LogP contribution is -2.08. The molecule has 0 aliphatic heterocycles. The highest BCUT2D eigenvalue weighted by molar-refractivity contribution is 6.42. The van der Waals surface area contributed by atoms with Crippen LogP contribution in [-0.4, -0.2) is 22.0 Å². The molecular formula is C12H12Cl2N2O2. The van der Waals surface area contributed by atoms with Crippen LogP contribution in [0.3, 0.4) is 0 Å². The Morgan fingerprint density at radius 3 is 2.67 bits per heavy atom. The zero-order valence-corrected chi connectivity index (χ0v) is 11.4. The van der Waals surface area contributed by atoms with Gasteiger partial charge < -0.3 is 9.84 Å². The van der Waals surface area contributed by atoms with E-state index >= 15 is 0 Å². The SMILES string of the molecule is COc1cnn(C)c1C(O)c1ccc(Cl)c(Cl)c1. The molecule has 1 aromatic heterocycles. The highest BCUT2D eigenvalue weighted by atomic mass is 35.5. The molecule has 0 aliphatic carbocycles. The standard InChI is InChI=1S/C12H12Cl2N2O2/c1-16-11(10(18-2)6-15-16)12(17)7-3-4-8(13)9(14)5-7/h3-6,12,17H,1-2H3. The second-order valence-corrected chi connectivity index (χ2v) is 4.61. The molecule has 0 aliphatic rings. The van der Waals surface area contributed by atoms with E-state index in [0.29, 0.717) is 27.1 Å². The molecular weight excluding hydrogens is 275 g/mol. The van der Waals surface area contributed by atoms with Gasteiger partial charge in [0.2, 0.25) is 0 Å². The van der Waals surface area contributed by atoms with Gasteiger partial charge in [0.15, 0.2) is 5.75 Å². The summed E-state index contributed by atoms with van der Waals surface area (Å²) >= 11 is 11.8. The number of rotatable bonds is 3. The Balaban J connectivity index is 2.44. The molecule has 0 bridgehead atoms. The summed E-state index contributed by atoms with van der Waals surface area (Å²) in [5.41, 5.74) is 1.20. The van der Waals surface area contributed by atoms with Gasteiger partial charge in [0.05, 0.1) is 23.4 Å². The van der Waals surface area contributed by atoms with Crippen molar-refractivity contribution in [3.63, 3.8) is 0 Å². The molecule has 0 fully saturated rings. The van der Waals surface area contributed by atoms with Crippen LogP contribution in [0.2, 0.25) is 10.0 Å². The van der Waals surface area contributed by atoms with Crippen molar-refractivity contribution in [3.05, 3.63) is 45.7 Å². The summed E-state index contributed by atoms with van der Waals surface area (Å²) in [6, 6.07) is 4.98. The average Bonchev–Trinajstić information content (AvgIpc) is 2.73. The van der Waals surface area contributed by atoms with Gasteiger partial charge in [-0.1, -0.05) is 29.3 Å². The van der Waals surface area contributed by atoms with Crippen LogP contribution in [-0.2, 0) is 7.05 Å². The molecule has 1 unspecified atom stereocenters. The highest BCUT2D eigenvalue weighted by Gasteiger charge is 2.20. The van der Waals surface area contributed by atoms with E-state index in [1.54, 1.807) is 36.1 Å². The van der Waals surface area contributed by atoms with Gasteiger partial charge in [0.25, 0.3) is 0 Å². The molecule has 1 aromatic carbocycles. The first kappa shape index (κ1) is 13.2. The molecule has 2 aromatic rings. The Morgan fingerprint density at radius 1 is 1.33 bits per heavy atom. The van der Waals surface area contributed by atoms with Crippen LogP contribution in [0, 0.1) is 0 Å². The van der Waals surface area contributed by atoms with E-state index in [2.05, 4.69) is 5.10 Å². The fourth-order valence-corrected chi connectivity index (χ4v) is 2.04. The van der Waals surface area contributed by atoms with Gasteiger partial charge in [-0.25, -0.2) is 0 Å². The van der Waals surface area contributed by atoms with Crippen LogP contribution in [0.15, 0.2) is 24.4 Å². The van der Waals surface area contributed by atoms with E-state index in [1.165, 1.54) is 7.11 Å². The lowest BCUT2D eigenvalue weighted by Gasteiger charge is -2.14. The van der Waals surface area contributed by atoms with Crippen molar-refractivity contribution in [2.45, 2.75) is 6.10 Å². The number of hydrogen-bond acceptors (Lipinski definition) is 3. The normalized spacial score (nSPS) is 12.5. The first-order valence-corrected chi connectivity index (χ1v) is 5.99. The molecule has 1 atom stereocenters. The molecule has 1 heterocycles. The van der Waals surface area contributed by atoms with Crippen molar-refractivity contribution < 1.29 is 9.84 Å². The van der Waals surface area contributed by atoms with Crippen LogP contribution >= 0.6 is 23.2 Å². The molecule has 6 heteroatoms. The summed E-state index contributed by atoms with van der Waals surface area (Å²) in [5.74, 6) is 0.524. The second-order valence-electron chi connectivity index (χ2n) is 3.80. The van der Waals surface area contributed by atoms with Crippen molar-refractivity contribution in [3.8, 4) is 5.75 Å². The summed E-state index contributed by atoms with van der Waals surface area (Å²) in [7, 11) is 3.26. The maximum Gasteiger partial charge on any atom is 0.162 e. The van der Waals surface area contributed by atoms with Crippen LogP contribution in [0.25, 0.3) is 0 Å². The first-order valence-electron chi connectivity index (χ1n) is 5.23. The smallest absolute Gasteiger partial charge is 0.162 e. The summed E-state index contributed by atoms with van der Waals surface area (Å²) in [6.07, 6.45) is 0.679. The molecule has 0 spiro atoms. The molecule has 4 nitrogen and oxygen atoms in total. The number of aliphatic hydroxyl groups excluding tert-OH is 1. The minimum absolute atomic E-state index is 0.398. The number of hydrogen-bond donors (Lipinski definition) is 1. The van der Waals surface area contributed by atoms with E-state index in [1.807, 2.05) is 0 Å². The van der Waals surface area contributed by atoms with E-state index < -0.39 is 6.10 Å². The van der Waals surface area contributed by atoms with Gasteiger partial charge in [-0.05, 0) is 17.7 Å². The Labute approximate surface area is 115 Å². The Bertz CT molecular complexity index is 569. The predicted octanol–water partition coefficient (Wildman–Crippen LogP) is 2.82. The van der Waals surface area contributed by atoms with Gasteiger partial charge in [0.1, 0.15) is 11.8 Å². The van der Waals surface area contributed by atoms with Crippen molar-refractivity contribution in [2.24, 2.45) is 7.05 Å². The van der Waals surface area contributed by atoms with Crippen LogP contribution in [0.5, 0.6) is 5.75 Å². The van der Waals surface area contributed by atoms with Crippen molar-refractivity contribution in [1.82, 2.24) is 9.78 Å². The Kier molecular flexibility index (Phi) is 3.80. The third-order valence-corrected chi connectivity index (χ3v) is 3.43. The van der Waals surface area contributed by atoms with E-state index in [-0.39, 0.29) is 0 Å². The van der Waals surface area contributed by atoms with Gasteiger partial charge in [0, 0.05) is 7.05 Å². The molecule has 96 valence electrons. The number of nitrogens with zero attached hydrogens (tertiary/aromatic N) is 2. The fourth-order valence-electron chi connectivity index (χ4n) is 1.74. The van der Waals surface area contributed by atoms with E-state index in [9.17, 15) is 5.11 Å². The second kappa shape index (κ2) is 5.18. The maximum absolute atomic E-state index is 10.3. The number of halogens is 2. The number of methoxy groups -OCH3 is 1. The molecule has 0 radical (unpaired) electrons. The number of aromatic nitrogens is 2. The molecule has 0 saturated carbocycles. The first-order chi connectivity index (χ1) is 8.54. The number of ether oxygens (including phenoxy) is 1. The lowest BCUT2D eigenvalue weighted by atomic mass is 10.1. The number of benzene rings is 1. The summed E-state index contributed by atoms with van der Waals surface area (Å²) in [4.78, 5) is 0. The molecule has 1 N–H and O–H groups in total. The monoisotopic (exact) mass is 286 g/mol. The lowest BCUT2D eigenvalue weighted by molar-refractivity contribution is 0.204. The summed E-state index contributed by atoms with van der Waals surface area (Å²) < 4.78 is 6.72. The average molecular weight is 287 g/mol. The van der Waals surface area contributed by atoms with Crippen LogP contribution in [0.4, 0.5) is 0 Å². The Morgan fingerprint density at radius 2 is 2.06 bits per heavy atom. The zero-order chi connectivity index (χ0) is 13.3. The minimum Gasteiger partial charge on any atom is -0.493 e. The summed E-state index contributed by atoms with van der Waals surface area (Å²) in [6.45, 7) is 0. The molecule has 0 amide bonds. The predicted molar refractivity (Wildman–Crippen MR) is 70.3 cm³/mol. The number of aliphatic hydroxyl groups is 1. The van der Waals surface area contributed by atoms with Gasteiger partial charge in [-0.15, -0.1) is 0 Å². The number of aryl methyl sites for hydroxylation is 1. The summed E-state index contributed by atoms with van der Waals surface area (Å²) in [5, 5.41) is 15.2. The van der Waals surface area contributed by atoms with E-state index in [4.69, 9.17) is 27.9 Å². The minimum atomic E-state index is -0.873. The van der Waals surface area contributed by atoms with E-state index in [0.717, 1.165) is 0 Å². The Hall–Kier alpha value is -1.23.